The Morgan fingerprint density at radius 3 is 2.80 bits per heavy atom. The fourth-order valence-electron chi connectivity index (χ4n) is 2.14. The molecule has 0 amide bonds. The van der Waals surface area contributed by atoms with Crippen LogP contribution in [0.5, 0.6) is 0 Å². The van der Waals surface area contributed by atoms with Gasteiger partial charge in [-0.25, -0.2) is 4.98 Å². The number of thiazole rings is 1. The van der Waals surface area contributed by atoms with Gasteiger partial charge in [-0.15, -0.1) is 11.3 Å². The summed E-state index contributed by atoms with van der Waals surface area (Å²) in [5.41, 5.74) is 4.74. The van der Waals surface area contributed by atoms with Crippen molar-refractivity contribution in [3.05, 3.63) is 57.0 Å². The average molecular weight is 347 g/mol. The number of benzene rings is 2. The zero-order valence-corrected chi connectivity index (χ0v) is 13.8. The number of nitrogens with zero attached hydrogens (tertiary/aromatic N) is 1. The number of anilines is 1. The van der Waals surface area contributed by atoms with Gasteiger partial charge in [0.1, 0.15) is 0 Å². The summed E-state index contributed by atoms with van der Waals surface area (Å²) in [5, 5.41) is 4.58. The molecule has 4 heteroatoms. The monoisotopic (exact) mass is 346 g/mol. The molecule has 2 aromatic carbocycles. The van der Waals surface area contributed by atoms with Crippen LogP contribution in [-0.2, 0) is 6.54 Å². The molecule has 0 saturated heterocycles. The molecule has 0 aliphatic rings. The second-order valence-electron chi connectivity index (χ2n) is 4.86. The van der Waals surface area contributed by atoms with Crippen molar-refractivity contribution in [2.24, 2.45) is 0 Å². The molecule has 0 radical (unpaired) electrons. The first kappa shape index (κ1) is 13.6. The van der Waals surface area contributed by atoms with E-state index in [-0.39, 0.29) is 0 Å². The summed E-state index contributed by atoms with van der Waals surface area (Å²) >= 11 is 5.35. The van der Waals surface area contributed by atoms with Gasteiger partial charge in [-0.1, -0.05) is 28.1 Å². The lowest BCUT2D eigenvalue weighted by atomic mass is 10.1. The number of hydrogen-bond acceptors (Lipinski definition) is 3. The first-order valence-electron chi connectivity index (χ1n) is 6.48. The lowest BCUT2D eigenvalue weighted by molar-refractivity contribution is 1.13. The zero-order chi connectivity index (χ0) is 14.1. The molecular weight excluding hydrogens is 332 g/mol. The van der Waals surface area contributed by atoms with E-state index < -0.39 is 0 Å². The summed E-state index contributed by atoms with van der Waals surface area (Å²) in [6.45, 7) is 4.95. The van der Waals surface area contributed by atoms with Crippen LogP contribution in [0.15, 0.2) is 40.9 Å². The summed E-state index contributed by atoms with van der Waals surface area (Å²) in [4.78, 5) is 4.48. The molecule has 3 rings (SSSR count). The minimum absolute atomic E-state index is 0.810. The Labute approximate surface area is 131 Å². The van der Waals surface area contributed by atoms with Gasteiger partial charge in [-0.05, 0) is 49.2 Å². The van der Waals surface area contributed by atoms with Crippen molar-refractivity contribution >= 4 is 43.2 Å². The van der Waals surface area contributed by atoms with E-state index in [0.29, 0.717) is 0 Å². The second kappa shape index (κ2) is 5.54. The number of fused-ring (bicyclic) bond motifs is 1. The predicted molar refractivity (Wildman–Crippen MR) is 90.6 cm³/mol. The molecule has 1 N–H and O–H groups in total. The summed E-state index contributed by atoms with van der Waals surface area (Å²) in [7, 11) is 0. The highest BCUT2D eigenvalue weighted by molar-refractivity contribution is 9.10. The number of nitrogens with one attached hydrogen (secondary N) is 1. The summed E-state index contributed by atoms with van der Waals surface area (Å²) in [6, 6.07) is 12.8. The molecule has 0 fully saturated rings. The molecule has 0 spiro atoms. The Morgan fingerprint density at radius 1 is 1.15 bits per heavy atom. The lowest BCUT2D eigenvalue weighted by Crippen LogP contribution is -2.00. The number of hydrogen-bond donors (Lipinski definition) is 1. The summed E-state index contributed by atoms with van der Waals surface area (Å²) < 4.78 is 2.38. The normalized spacial score (nSPS) is 10.9. The van der Waals surface area contributed by atoms with Crippen LogP contribution in [0, 0.1) is 13.8 Å². The Kier molecular flexibility index (Phi) is 3.76. The van der Waals surface area contributed by atoms with Crippen molar-refractivity contribution in [1.29, 1.82) is 0 Å². The molecule has 0 atom stereocenters. The molecule has 0 aliphatic carbocycles. The Balaban J connectivity index is 1.79. The van der Waals surface area contributed by atoms with E-state index in [9.17, 15) is 0 Å². The molecule has 20 heavy (non-hydrogen) atoms. The van der Waals surface area contributed by atoms with E-state index in [2.05, 4.69) is 69.6 Å². The molecule has 3 aromatic rings. The summed E-state index contributed by atoms with van der Waals surface area (Å²) in [5.74, 6) is 0. The molecule has 0 unspecified atom stereocenters. The maximum Gasteiger partial charge on any atom is 0.0907 e. The van der Waals surface area contributed by atoms with Gasteiger partial charge >= 0.3 is 0 Å². The third-order valence-electron chi connectivity index (χ3n) is 3.19. The van der Waals surface area contributed by atoms with Crippen molar-refractivity contribution in [1.82, 2.24) is 4.98 Å². The molecule has 2 nitrogen and oxygen atoms in total. The smallest absolute Gasteiger partial charge is 0.0907 e. The molecule has 1 heterocycles. The van der Waals surface area contributed by atoms with Crippen molar-refractivity contribution < 1.29 is 0 Å². The minimum Gasteiger partial charge on any atom is -0.381 e. The maximum absolute atomic E-state index is 4.48. The highest BCUT2D eigenvalue weighted by Gasteiger charge is 2.03. The van der Waals surface area contributed by atoms with Crippen molar-refractivity contribution in [3.63, 3.8) is 0 Å². The molecule has 0 saturated carbocycles. The van der Waals surface area contributed by atoms with E-state index in [0.717, 1.165) is 27.2 Å². The lowest BCUT2D eigenvalue weighted by Gasteiger charge is -2.09. The largest absolute Gasteiger partial charge is 0.381 e. The van der Waals surface area contributed by atoms with Crippen LogP contribution in [0.3, 0.4) is 0 Å². The van der Waals surface area contributed by atoms with Crippen LogP contribution >= 0.6 is 27.3 Å². The molecule has 1 aromatic heterocycles. The van der Waals surface area contributed by atoms with Gasteiger partial charge < -0.3 is 5.32 Å². The van der Waals surface area contributed by atoms with Gasteiger partial charge in [0.2, 0.25) is 0 Å². The van der Waals surface area contributed by atoms with Gasteiger partial charge in [0.15, 0.2) is 0 Å². The van der Waals surface area contributed by atoms with E-state index in [1.165, 1.54) is 15.8 Å². The van der Waals surface area contributed by atoms with Gasteiger partial charge in [0.05, 0.1) is 15.2 Å². The quantitative estimate of drug-likeness (QED) is 0.697. The van der Waals surface area contributed by atoms with Crippen molar-refractivity contribution in [2.45, 2.75) is 20.4 Å². The maximum atomic E-state index is 4.48. The number of aromatic nitrogens is 1. The van der Waals surface area contributed by atoms with Gasteiger partial charge in [-0.2, -0.15) is 0 Å². The van der Waals surface area contributed by atoms with Crippen LogP contribution in [0.2, 0.25) is 0 Å². The van der Waals surface area contributed by atoms with E-state index >= 15 is 0 Å². The Hall–Kier alpha value is -1.39. The first-order chi connectivity index (χ1) is 9.61. The summed E-state index contributed by atoms with van der Waals surface area (Å²) in [6.07, 6.45) is 0. The van der Waals surface area contributed by atoms with Gasteiger partial charge in [0, 0.05) is 16.7 Å². The second-order valence-corrected chi connectivity index (χ2v) is 6.95. The van der Waals surface area contributed by atoms with Crippen LogP contribution in [0.4, 0.5) is 5.69 Å². The minimum atomic E-state index is 0.810. The highest BCUT2D eigenvalue weighted by atomic mass is 79.9. The zero-order valence-electron chi connectivity index (χ0n) is 11.4. The van der Waals surface area contributed by atoms with E-state index in [1.807, 2.05) is 6.92 Å². The van der Waals surface area contributed by atoms with Crippen molar-refractivity contribution in [2.75, 3.05) is 5.32 Å². The molecular formula is C16H15BrN2S. The third kappa shape index (κ3) is 2.86. The van der Waals surface area contributed by atoms with Crippen LogP contribution in [0.25, 0.3) is 10.2 Å². The third-order valence-corrected chi connectivity index (χ3v) is 4.86. The molecule has 0 aliphatic heterocycles. The van der Waals surface area contributed by atoms with E-state index in [1.54, 1.807) is 11.3 Å². The van der Waals surface area contributed by atoms with Gasteiger partial charge in [0.25, 0.3) is 0 Å². The average Bonchev–Trinajstić information content (AvgIpc) is 2.77. The SMILES string of the molecule is Cc1ccc(CNc2ccc3nc(C)sc3c2)c(Br)c1. The molecule has 102 valence electrons. The standard InChI is InChI=1S/C16H15BrN2S/c1-10-3-4-12(14(17)7-10)9-18-13-5-6-15-16(8-13)20-11(2)19-15/h3-8,18H,9H2,1-2H3. The first-order valence-corrected chi connectivity index (χ1v) is 8.09. The topological polar surface area (TPSA) is 24.9 Å². The highest BCUT2D eigenvalue weighted by Crippen LogP contribution is 2.25. The van der Waals surface area contributed by atoms with Crippen molar-refractivity contribution in [3.8, 4) is 0 Å². The fourth-order valence-corrected chi connectivity index (χ4v) is 3.64. The van der Waals surface area contributed by atoms with Crippen LogP contribution < -0.4 is 5.32 Å². The fraction of sp³-hybridized carbons (Fsp3) is 0.188. The molecule has 0 bridgehead atoms. The van der Waals surface area contributed by atoms with Gasteiger partial charge in [-0.3, -0.25) is 0 Å². The number of aryl methyl sites for hydroxylation is 2. The Bertz CT molecular complexity index is 764. The van der Waals surface area contributed by atoms with Crippen LogP contribution in [-0.4, -0.2) is 4.98 Å². The Morgan fingerprint density at radius 2 is 2.00 bits per heavy atom. The van der Waals surface area contributed by atoms with E-state index in [4.69, 9.17) is 0 Å². The number of halogens is 1. The number of rotatable bonds is 3. The predicted octanol–water partition coefficient (Wildman–Crippen LogP) is 5.29. The van der Waals surface area contributed by atoms with Crippen LogP contribution in [0.1, 0.15) is 16.1 Å².